The first kappa shape index (κ1) is 14.6. The van der Waals surface area contributed by atoms with E-state index in [2.05, 4.69) is 5.32 Å². The van der Waals surface area contributed by atoms with Crippen LogP contribution in [-0.4, -0.2) is 30.4 Å². The highest BCUT2D eigenvalue weighted by Gasteiger charge is 2.15. The molecule has 0 aliphatic carbocycles. The van der Waals surface area contributed by atoms with Crippen molar-refractivity contribution in [2.75, 3.05) is 19.6 Å². The first-order valence-corrected chi connectivity index (χ1v) is 7.35. The zero-order valence-electron chi connectivity index (χ0n) is 10.8. The van der Waals surface area contributed by atoms with E-state index in [4.69, 9.17) is 23.2 Å². The predicted molar refractivity (Wildman–Crippen MR) is 78.6 cm³/mol. The zero-order chi connectivity index (χ0) is 13.7. The van der Waals surface area contributed by atoms with Crippen LogP contribution in [0.25, 0.3) is 0 Å². The van der Waals surface area contributed by atoms with E-state index in [0.29, 0.717) is 23.1 Å². The Morgan fingerprint density at radius 3 is 2.63 bits per heavy atom. The lowest BCUT2D eigenvalue weighted by Crippen LogP contribution is -2.40. The number of rotatable bonds is 4. The van der Waals surface area contributed by atoms with E-state index in [9.17, 15) is 4.79 Å². The molecule has 3 nitrogen and oxygen atoms in total. The summed E-state index contributed by atoms with van der Waals surface area (Å²) in [6, 6.07) is 5.40. The molecule has 0 atom stereocenters. The van der Waals surface area contributed by atoms with Gasteiger partial charge in [0.25, 0.3) is 0 Å². The minimum Gasteiger partial charge on any atom is -0.342 e. The van der Waals surface area contributed by atoms with Crippen LogP contribution in [0.15, 0.2) is 18.2 Å². The third-order valence-electron chi connectivity index (χ3n) is 3.32. The molecule has 0 saturated carbocycles. The normalized spacial score (nSPS) is 15.6. The molecule has 104 valence electrons. The average molecular weight is 301 g/mol. The Hall–Kier alpha value is -0.770. The Labute approximate surface area is 123 Å². The van der Waals surface area contributed by atoms with Crippen LogP contribution >= 0.6 is 23.2 Å². The Morgan fingerprint density at radius 2 is 1.95 bits per heavy atom. The van der Waals surface area contributed by atoms with E-state index in [1.54, 1.807) is 12.1 Å². The molecule has 1 aromatic carbocycles. The fourth-order valence-corrected chi connectivity index (χ4v) is 2.70. The molecule has 0 aromatic heterocycles. The fourth-order valence-electron chi connectivity index (χ4n) is 2.22. The first-order chi connectivity index (χ1) is 9.16. The molecule has 1 N–H and O–H groups in total. The number of hydrogen-bond acceptors (Lipinski definition) is 2. The van der Waals surface area contributed by atoms with Crippen LogP contribution in [0.5, 0.6) is 0 Å². The lowest BCUT2D eigenvalue weighted by molar-refractivity contribution is -0.131. The van der Waals surface area contributed by atoms with Crippen molar-refractivity contribution in [1.29, 1.82) is 0 Å². The molecular weight excluding hydrogens is 283 g/mol. The molecule has 1 aliphatic heterocycles. The van der Waals surface area contributed by atoms with Crippen molar-refractivity contribution < 1.29 is 4.79 Å². The molecule has 1 aromatic rings. The van der Waals surface area contributed by atoms with Gasteiger partial charge in [-0.1, -0.05) is 29.3 Å². The summed E-state index contributed by atoms with van der Waals surface area (Å²) in [4.78, 5) is 13.9. The fraction of sp³-hybridized carbons (Fsp3) is 0.500. The number of carbonyl (C=O) groups excluding carboxylic acids is 1. The number of likely N-dealkylation sites (tertiary alicyclic amines) is 1. The maximum absolute atomic E-state index is 11.9. The SMILES string of the molecule is O=C(CNCc1ccc(Cl)cc1Cl)N1CCCCC1. The Kier molecular flexibility index (Phi) is 5.49. The summed E-state index contributed by atoms with van der Waals surface area (Å²) in [6.07, 6.45) is 3.47. The van der Waals surface area contributed by atoms with E-state index in [1.165, 1.54) is 6.42 Å². The van der Waals surface area contributed by atoms with Gasteiger partial charge in [0.15, 0.2) is 0 Å². The minimum atomic E-state index is 0.171. The summed E-state index contributed by atoms with van der Waals surface area (Å²) < 4.78 is 0. The van der Waals surface area contributed by atoms with Crippen LogP contribution in [-0.2, 0) is 11.3 Å². The summed E-state index contributed by atoms with van der Waals surface area (Å²) in [5.74, 6) is 0.171. The molecule has 19 heavy (non-hydrogen) atoms. The van der Waals surface area contributed by atoms with E-state index in [-0.39, 0.29) is 5.91 Å². The number of nitrogens with one attached hydrogen (secondary N) is 1. The van der Waals surface area contributed by atoms with Gasteiger partial charge in [0.2, 0.25) is 5.91 Å². The Morgan fingerprint density at radius 1 is 1.21 bits per heavy atom. The molecule has 5 heteroatoms. The van der Waals surface area contributed by atoms with Gasteiger partial charge in [-0.15, -0.1) is 0 Å². The van der Waals surface area contributed by atoms with Gasteiger partial charge in [0.1, 0.15) is 0 Å². The van der Waals surface area contributed by atoms with Crippen molar-refractivity contribution in [2.24, 2.45) is 0 Å². The van der Waals surface area contributed by atoms with Crippen molar-refractivity contribution in [3.8, 4) is 0 Å². The number of amides is 1. The Bertz CT molecular complexity index is 445. The quantitative estimate of drug-likeness (QED) is 0.927. The highest BCUT2D eigenvalue weighted by Crippen LogP contribution is 2.20. The van der Waals surface area contributed by atoms with Crippen LogP contribution in [0.1, 0.15) is 24.8 Å². The monoisotopic (exact) mass is 300 g/mol. The highest BCUT2D eigenvalue weighted by atomic mass is 35.5. The summed E-state index contributed by atoms with van der Waals surface area (Å²) in [7, 11) is 0. The lowest BCUT2D eigenvalue weighted by atomic mass is 10.1. The summed E-state index contributed by atoms with van der Waals surface area (Å²) in [5, 5.41) is 4.39. The van der Waals surface area contributed by atoms with Crippen LogP contribution < -0.4 is 5.32 Å². The van der Waals surface area contributed by atoms with E-state index in [1.807, 2.05) is 11.0 Å². The summed E-state index contributed by atoms with van der Waals surface area (Å²) >= 11 is 11.9. The van der Waals surface area contributed by atoms with E-state index >= 15 is 0 Å². The number of nitrogens with zero attached hydrogens (tertiary/aromatic N) is 1. The molecule has 1 fully saturated rings. The van der Waals surface area contributed by atoms with E-state index < -0.39 is 0 Å². The predicted octanol–water partition coefficient (Wildman–Crippen LogP) is 3.10. The molecule has 2 rings (SSSR count). The molecule has 1 amide bonds. The second-order valence-electron chi connectivity index (χ2n) is 4.78. The van der Waals surface area contributed by atoms with Crippen molar-refractivity contribution >= 4 is 29.1 Å². The zero-order valence-corrected chi connectivity index (χ0v) is 12.3. The van der Waals surface area contributed by atoms with Crippen LogP contribution in [0, 0.1) is 0 Å². The molecule has 1 heterocycles. The lowest BCUT2D eigenvalue weighted by Gasteiger charge is -2.26. The second-order valence-corrected chi connectivity index (χ2v) is 5.62. The number of carbonyl (C=O) groups is 1. The van der Waals surface area contributed by atoms with Gasteiger partial charge < -0.3 is 10.2 Å². The van der Waals surface area contributed by atoms with Gasteiger partial charge in [-0.25, -0.2) is 0 Å². The maximum atomic E-state index is 11.9. The molecule has 1 saturated heterocycles. The average Bonchev–Trinajstić information content (AvgIpc) is 2.42. The number of benzene rings is 1. The third kappa shape index (κ3) is 4.37. The van der Waals surface area contributed by atoms with Crippen molar-refractivity contribution in [1.82, 2.24) is 10.2 Å². The largest absolute Gasteiger partial charge is 0.342 e. The third-order valence-corrected chi connectivity index (χ3v) is 3.90. The molecule has 0 bridgehead atoms. The second kappa shape index (κ2) is 7.13. The van der Waals surface area contributed by atoms with Gasteiger partial charge in [-0.3, -0.25) is 4.79 Å². The Balaban J connectivity index is 1.78. The molecule has 0 spiro atoms. The van der Waals surface area contributed by atoms with Gasteiger partial charge >= 0.3 is 0 Å². The van der Waals surface area contributed by atoms with Crippen LogP contribution in [0.4, 0.5) is 0 Å². The molecule has 0 unspecified atom stereocenters. The van der Waals surface area contributed by atoms with E-state index in [0.717, 1.165) is 31.5 Å². The van der Waals surface area contributed by atoms with Gasteiger partial charge in [-0.05, 0) is 37.0 Å². The van der Waals surface area contributed by atoms with Gasteiger partial charge in [0.05, 0.1) is 6.54 Å². The topological polar surface area (TPSA) is 32.3 Å². The minimum absolute atomic E-state index is 0.171. The number of halogens is 2. The molecule has 0 radical (unpaired) electrons. The van der Waals surface area contributed by atoms with Gasteiger partial charge in [0, 0.05) is 29.7 Å². The van der Waals surface area contributed by atoms with Crippen molar-refractivity contribution in [3.63, 3.8) is 0 Å². The highest BCUT2D eigenvalue weighted by molar-refractivity contribution is 6.35. The molecule has 1 aliphatic rings. The van der Waals surface area contributed by atoms with Crippen LogP contribution in [0.2, 0.25) is 10.0 Å². The standard InChI is InChI=1S/C14H18Cl2N2O/c15-12-5-4-11(13(16)8-12)9-17-10-14(19)18-6-2-1-3-7-18/h4-5,8,17H,1-3,6-7,9-10H2. The summed E-state index contributed by atoms with van der Waals surface area (Å²) in [6.45, 7) is 2.72. The van der Waals surface area contributed by atoms with Crippen LogP contribution in [0.3, 0.4) is 0 Å². The molecular formula is C14H18Cl2N2O. The van der Waals surface area contributed by atoms with Gasteiger partial charge in [-0.2, -0.15) is 0 Å². The van der Waals surface area contributed by atoms with Crippen molar-refractivity contribution in [2.45, 2.75) is 25.8 Å². The number of piperidine rings is 1. The first-order valence-electron chi connectivity index (χ1n) is 6.59. The van der Waals surface area contributed by atoms with Crippen molar-refractivity contribution in [3.05, 3.63) is 33.8 Å². The maximum Gasteiger partial charge on any atom is 0.236 e. The smallest absolute Gasteiger partial charge is 0.236 e. The summed E-state index contributed by atoms with van der Waals surface area (Å²) in [5.41, 5.74) is 0.956. The number of hydrogen-bond donors (Lipinski definition) is 1.